The molecular formula is C22H19N3O4. The van der Waals surface area contributed by atoms with Gasteiger partial charge in [-0.05, 0) is 43.2 Å². The lowest BCUT2D eigenvalue weighted by atomic mass is 10.1. The Morgan fingerprint density at radius 2 is 2.00 bits per heavy atom. The van der Waals surface area contributed by atoms with Crippen molar-refractivity contribution in [3.8, 4) is 0 Å². The van der Waals surface area contributed by atoms with Crippen molar-refractivity contribution in [2.45, 2.75) is 19.3 Å². The number of benzene rings is 2. The van der Waals surface area contributed by atoms with Crippen molar-refractivity contribution in [1.29, 1.82) is 0 Å². The summed E-state index contributed by atoms with van der Waals surface area (Å²) in [6, 6.07) is 14.2. The molecule has 4 rings (SSSR count). The molecule has 1 aromatic heterocycles. The first-order valence-corrected chi connectivity index (χ1v) is 9.32. The summed E-state index contributed by atoms with van der Waals surface area (Å²) in [5.74, 6) is -0.920. The van der Waals surface area contributed by atoms with Crippen LogP contribution in [0.5, 0.6) is 0 Å². The SMILES string of the molecule is CCOC(=O)c1cnc(C2Cc3cc(C(=O)Nc4ccccc4)ccc3C2=O)[nH]1. The fraction of sp³-hybridized carbons (Fsp3) is 0.182. The molecule has 0 bridgehead atoms. The number of para-hydroxylation sites is 1. The number of nitrogens with zero attached hydrogens (tertiary/aromatic N) is 1. The molecule has 2 aromatic carbocycles. The molecule has 2 N–H and O–H groups in total. The van der Waals surface area contributed by atoms with Crippen LogP contribution in [-0.4, -0.2) is 34.2 Å². The van der Waals surface area contributed by atoms with Crippen LogP contribution in [-0.2, 0) is 11.2 Å². The number of ketones is 1. The van der Waals surface area contributed by atoms with Crippen LogP contribution in [0.25, 0.3) is 0 Å². The van der Waals surface area contributed by atoms with Crippen LogP contribution in [0.1, 0.15) is 55.4 Å². The minimum Gasteiger partial charge on any atom is -0.461 e. The number of ether oxygens (including phenoxy) is 1. The van der Waals surface area contributed by atoms with E-state index in [4.69, 9.17) is 4.74 Å². The van der Waals surface area contributed by atoms with E-state index < -0.39 is 11.9 Å². The smallest absolute Gasteiger partial charge is 0.356 e. The molecule has 7 heteroatoms. The van der Waals surface area contributed by atoms with E-state index in [2.05, 4.69) is 15.3 Å². The van der Waals surface area contributed by atoms with E-state index in [9.17, 15) is 14.4 Å². The van der Waals surface area contributed by atoms with Gasteiger partial charge >= 0.3 is 5.97 Å². The Balaban J connectivity index is 1.53. The van der Waals surface area contributed by atoms with Crippen LogP contribution in [0.15, 0.2) is 54.7 Å². The Bertz CT molecular complexity index is 1090. The molecule has 0 saturated carbocycles. The zero-order chi connectivity index (χ0) is 20.4. The Labute approximate surface area is 167 Å². The van der Waals surface area contributed by atoms with Crippen molar-refractivity contribution < 1.29 is 19.1 Å². The molecule has 1 unspecified atom stereocenters. The van der Waals surface area contributed by atoms with Crippen molar-refractivity contribution in [2.75, 3.05) is 11.9 Å². The molecule has 1 atom stereocenters. The summed E-state index contributed by atoms with van der Waals surface area (Å²) in [6.07, 6.45) is 1.79. The summed E-state index contributed by atoms with van der Waals surface area (Å²) in [5, 5.41) is 2.84. The molecule has 29 heavy (non-hydrogen) atoms. The van der Waals surface area contributed by atoms with Gasteiger partial charge in [-0.2, -0.15) is 0 Å². The zero-order valence-electron chi connectivity index (χ0n) is 15.8. The van der Waals surface area contributed by atoms with Crippen LogP contribution in [0, 0.1) is 0 Å². The minimum atomic E-state index is -0.513. The summed E-state index contributed by atoms with van der Waals surface area (Å²) < 4.78 is 4.94. The molecule has 3 aromatic rings. The fourth-order valence-corrected chi connectivity index (χ4v) is 3.42. The van der Waals surface area contributed by atoms with Crippen molar-refractivity contribution >= 4 is 23.3 Å². The first-order valence-electron chi connectivity index (χ1n) is 9.32. The normalized spacial score (nSPS) is 15.1. The highest BCUT2D eigenvalue weighted by molar-refractivity contribution is 6.08. The van der Waals surface area contributed by atoms with Crippen LogP contribution >= 0.6 is 0 Å². The highest BCUT2D eigenvalue weighted by Gasteiger charge is 2.34. The summed E-state index contributed by atoms with van der Waals surface area (Å²) in [4.78, 5) is 44.2. The second-order valence-corrected chi connectivity index (χ2v) is 6.72. The lowest BCUT2D eigenvalue weighted by Crippen LogP contribution is -2.12. The summed E-state index contributed by atoms with van der Waals surface area (Å²) >= 11 is 0. The second kappa shape index (κ2) is 7.71. The summed E-state index contributed by atoms with van der Waals surface area (Å²) in [5.41, 5.74) is 2.76. The van der Waals surface area contributed by atoms with Crippen molar-refractivity contribution in [2.24, 2.45) is 0 Å². The number of nitrogens with one attached hydrogen (secondary N) is 2. The molecule has 1 aliphatic rings. The van der Waals surface area contributed by atoms with Crippen LogP contribution in [0.2, 0.25) is 0 Å². The number of aromatic nitrogens is 2. The number of carbonyl (C=O) groups is 3. The monoisotopic (exact) mass is 389 g/mol. The Kier molecular flexibility index (Phi) is 4.95. The molecule has 0 radical (unpaired) electrons. The van der Waals surface area contributed by atoms with Gasteiger partial charge in [-0.15, -0.1) is 0 Å². The number of esters is 1. The van der Waals surface area contributed by atoms with Gasteiger partial charge in [0.25, 0.3) is 5.91 Å². The van der Waals surface area contributed by atoms with E-state index in [0.29, 0.717) is 29.1 Å². The van der Waals surface area contributed by atoms with E-state index in [-0.39, 0.29) is 24.0 Å². The highest BCUT2D eigenvalue weighted by atomic mass is 16.5. The lowest BCUT2D eigenvalue weighted by molar-refractivity contribution is 0.0519. The minimum absolute atomic E-state index is 0.0835. The molecule has 1 aliphatic carbocycles. The van der Waals surface area contributed by atoms with Crippen LogP contribution < -0.4 is 5.32 Å². The molecule has 146 valence electrons. The topological polar surface area (TPSA) is 101 Å². The highest BCUT2D eigenvalue weighted by Crippen LogP contribution is 2.33. The average molecular weight is 389 g/mol. The number of aromatic amines is 1. The Morgan fingerprint density at radius 3 is 2.76 bits per heavy atom. The Hall–Kier alpha value is -3.74. The van der Waals surface area contributed by atoms with E-state index in [1.165, 1.54) is 6.20 Å². The van der Waals surface area contributed by atoms with E-state index in [1.54, 1.807) is 25.1 Å². The van der Waals surface area contributed by atoms with Crippen LogP contribution in [0.4, 0.5) is 5.69 Å². The molecule has 7 nitrogen and oxygen atoms in total. The van der Waals surface area contributed by atoms with Crippen molar-refractivity contribution in [1.82, 2.24) is 9.97 Å². The van der Waals surface area contributed by atoms with Gasteiger partial charge in [-0.25, -0.2) is 9.78 Å². The van der Waals surface area contributed by atoms with Gasteiger partial charge in [-0.1, -0.05) is 24.3 Å². The number of carbonyl (C=O) groups excluding carboxylic acids is 3. The third-order valence-electron chi connectivity index (χ3n) is 4.83. The van der Waals surface area contributed by atoms with Gasteiger partial charge in [0.2, 0.25) is 0 Å². The maximum absolute atomic E-state index is 12.8. The van der Waals surface area contributed by atoms with E-state index in [1.807, 2.05) is 30.3 Å². The fourth-order valence-electron chi connectivity index (χ4n) is 3.42. The molecule has 1 amide bonds. The maximum atomic E-state index is 12.8. The summed E-state index contributed by atoms with van der Waals surface area (Å²) in [6.45, 7) is 1.98. The number of rotatable bonds is 5. The third-order valence-corrected chi connectivity index (χ3v) is 4.83. The van der Waals surface area contributed by atoms with Crippen molar-refractivity contribution in [3.05, 3.63) is 82.9 Å². The number of H-pyrrole nitrogens is 1. The Morgan fingerprint density at radius 1 is 1.21 bits per heavy atom. The number of fused-ring (bicyclic) bond motifs is 1. The first kappa shape index (κ1) is 18.6. The number of anilines is 1. The standard InChI is InChI=1S/C22H19N3O4/c1-2-29-22(28)18-12-23-20(25-18)17-11-14-10-13(8-9-16(14)19(17)26)21(27)24-15-6-4-3-5-7-15/h3-10,12,17H,2,11H2,1H3,(H,23,25)(H,24,27). The summed E-state index contributed by atoms with van der Waals surface area (Å²) in [7, 11) is 0. The van der Waals surface area contributed by atoms with Gasteiger partial charge in [0, 0.05) is 16.8 Å². The number of imidazole rings is 1. The lowest BCUT2D eigenvalue weighted by Gasteiger charge is -2.06. The number of Topliss-reactive ketones (excluding diaryl/α,β-unsaturated/α-hetero) is 1. The molecule has 1 heterocycles. The predicted octanol–water partition coefficient (Wildman–Crippen LogP) is 3.36. The van der Waals surface area contributed by atoms with E-state index >= 15 is 0 Å². The number of hydrogen-bond acceptors (Lipinski definition) is 5. The third kappa shape index (κ3) is 3.67. The number of hydrogen-bond donors (Lipinski definition) is 2. The van der Waals surface area contributed by atoms with Gasteiger partial charge < -0.3 is 15.0 Å². The first-order chi connectivity index (χ1) is 14.1. The van der Waals surface area contributed by atoms with Gasteiger partial charge in [-0.3, -0.25) is 9.59 Å². The molecule has 0 spiro atoms. The van der Waals surface area contributed by atoms with Crippen LogP contribution in [0.3, 0.4) is 0 Å². The largest absolute Gasteiger partial charge is 0.461 e. The van der Waals surface area contributed by atoms with E-state index in [0.717, 1.165) is 5.56 Å². The molecule has 0 aliphatic heterocycles. The molecule has 0 saturated heterocycles. The van der Waals surface area contributed by atoms with Gasteiger partial charge in [0.05, 0.1) is 18.7 Å². The second-order valence-electron chi connectivity index (χ2n) is 6.72. The van der Waals surface area contributed by atoms with Crippen molar-refractivity contribution in [3.63, 3.8) is 0 Å². The zero-order valence-corrected chi connectivity index (χ0v) is 15.8. The number of amides is 1. The average Bonchev–Trinajstić information content (AvgIpc) is 3.34. The predicted molar refractivity (Wildman–Crippen MR) is 106 cm³/mol. The molecular weight excluding hydrogens is 370 g/mol. The maximum Gasteiger partial charge on any atom is 0.356 e. The van der Waals surface area contributed by atoms with Gasteiger partial charge in [0.15, 0.2) is 5.78 Å². The van der Waals surface area contributed by atoms with Gasteiger partial charge in [0.1, 0.15) is 11.5 Å². The quantitative estimate of drug-likeness (QED) is 0.652. The molecule has 0 fully saturated rings.